The number of ether oxygens (including phenoxy) is 1. The predicted molar refractivity (Wildman–Crippen MR) is 97.1 cm³/mol. The molecule has 1 aromatic carbocycles. The van der Waals surface area contributed by atoms with Crippen LogP contribution in [0.4, 0.5) is 0 Å². The molecule has 0 saturated carbocycles. The fourth-order valence-corrected chi connectivity index (χ4v) is 2.67. The van der Waals surface area contributed by atoms with Crippen molar-refractivity contribution < 1.29 is 14.3 Å². The number of nitrogens with zero attached hydrogens (tertiary/aromatic N) is 1. The Balaban J connectivity index is 2.86. The molecule has 0 aliphatic heterocycles. The first-order chi connectivity index (χ1) is 11.4. The lowest BCUT2D eigenvalue weighted by molar-refractivity contribution is -0.145. The number of rotatable bonds is 9. The second kappa shape index (κ2) is 10.1. The highest BCUT2D eigenvalue weighted by molar-refractivity contribution is 5.94. The van der Waals surface area contributed by atoms with E-state index in [2.05, 4.69) is 6.92 Å². The monoisotopic (exact) mass is 333 g/mol. The first-order valence-corrected chi connectivity index (χ1v) is 8.85. The van der Waals surface area contributed by atoms with Crippen LogP contribution in [0.15, 0.2) is 18.2 Å². The van der Waals surface area contributed by atoms with Gasteiger partial charge in [0.1, 0.15) is 0 Å². The topological polar surface area (TPSA) is 46.6 Å². The SMILES string of the molecule is CCCCCCN(CC(C)C(=O)OC)C(=O)c1ccc(C)c(C)c1. The number of carbonyl (C=O) groups excluding carboxylic acids is 2. The van der Waals surface area contributed by atoms with E-state index in [4.69, 9.17) is 4.74 Å². The van der Waals surface area contributed by atoms with E-state index in [0.717, 1.165) is 31.2 Å². The molecule has 24 heavy (non-hydrogen) atoms. The van der Waals surface area contributed by atoms with E-state index >= 15 is 0 Å². The van der Waals surface area contributed by atoms with E-state index in [1.165, 1.54) is 12.7 Å². The summed E-state index contributed by atoms with van der Waals surface area (Å²) in [5.74, 6) is -0.608. The van der Waals surface area contributed by atoms with Crippen molar-refractivity contribution in [1.82, 2.24) is 4.90 Å². The average molecular weight is 333 g/mol. The largest absolute Gasteiger partial charge is 0.469 e. The summed E-state index contributed by atoms with van der Waals surface area (Å²) >= 11 is 0. The van der Waals surface area contributed by atoms with Crippen LogP contribution >= 0.6 is 0 Å². The van der Waals surface area contributed by atoms with Gasteiger partial charge in [0.15, 0.2) is 0 Å². The molecule has 0 aliphatic rings. The first kappa shape index (κ1) is 20.2. The van der Waals surface area contributed by atoms with Gasteiger partial charge in [-0.2, -0.15) is 0 Å². The molecular weight excluding hydrogens is 302 g/mol. The summed E-state index contributed by atoms with van der Waals surface area (Å²) in [6.45, 7) is 9.08. The Morgan fingerprint density at radius 2 is 1.83 bits per heavy atom. The van der Waals surface area contributed by atoms with Crippen molar-refractivity contribution in [2.45, 2.75) is 53.4 Å². The van der Waals surface area contributed by atoms with E-state index in [0.29, 0.717) is 18.7 Å². The van der Waals surface area contributed by atoms with Crippen molar-refractivity contribution in [3.63, 3.8) is 0 Å². The van der Waals surface area contributed by atoms with Gasteiger partial charge in [-0.1, -0.05) is 39.2 Å². The number of unbranched alkanes of at least 4 members (excludes halogenated alkanes) is 3. The minimum Gasteiger partial charge on any atom is -0.469 e. The molecule has 1 aromatic rings. The molecule has 0 aromatic heterocycles. The van der Waals surface area contributed by atoms with Crippen LogP contribution in [0, 0.1) is 19.8 Å². The lowest BCUT2D eigenvalue weighted by Crippen LogP contribution is -2.38. The quantitative estimate of drug-likeness (QED) is 0.504. The lowest BCUT2D eigenvalue weighted by Gasteiger charge is -2.25. The fraction of sp³-hybridized carbons (Fsp3) is 0.600. The molecule has 1 rings (SSSR count). The molecule has 1 unspecified atom stereocenters. The minimum absolute atomic E-state index is 0.00893. The van der Waals surface area contributed by atoms with Gasteiger partial charge in [-0.3, -0.25) is 9.59 Å². The van der Waals surface area contributed by atoms with Crippen LogP contribution in [0.1, 0.15) is 61.0 Å². The second-order valence-electron chi connectivity index (χ2n) is 6.54. The van der Waals surface area contributed by atoms with E-state index in [9.17, 15) is 9.59 Å². The van der Waals surface area contributed by atoms with E-state index in [1.807, 2.05) is 32.0 Å². The Morgan fingerprint density at radius 1 is 1.12 bits per heavy atom. The minimum atomic E-state index is -0.323. The summed E-state index contributed by atoms with van der Waals surface area (Å²) in [6, 6.07) is 5.77. The van der Waals surface area contributed by atoms with Crippen LogP contribution in [0.3, 0.4) is 0 Å². The molecule has 1 atom stereocenters. The van der Waals surface area contributed by atoms with Crippen LogP contribution in [0.25, 0.3) is 0 Å². The van der Waals surface area contributed by atoms with Crippen molar-refractivity contribution in [1.29, 1.82) is 0 Å². The van der Waals surface area contributed by atoms with Gasteiger partial charge in [-0.25, -0.2) is 0 Å². The van der Waals surface area contributed by atoms with Gasteiger partial charge in [0.25, 0.3) is 5.91 Å². The number of carbonyl (C=O) groups is 2. The van der Waals surface area contributed by atoms with Crippen molar-refractivity contribution in [2.75, 3.05) is 20.2 Å². The van der Waals surface area contributed by atoms with Gasteiger partial charge in [0.05, 0.1) is 13.0 Å². The molecule has 1 amide bonds. The summed E-state index contributed by atoms with van der Waals surface area (Å²) in [7, 11) is 1.38. The molecule has 0 heterocycles. The maximum Gasteiger partial charge on any atom is 0.310 e. The molecule has 0 spiro atoms. The van der Waals surface area contributed by atoms with Gasteiger partial charge >= 0.3 is 5.97 Å². The average Bonchev–Trinajstić information content (AvgIpc) is 2.58. The maximum absolute atomic E-state index is 12.9. The first-order valence-electron chi connectivity index (χ1n) is 8.85. The number of benzene rings is 1. The van der Waals surface area contributed by atoms with Crippen molar-refractivity contribution >= 4 is 11.9 Å². The molecule has 0 saturated heterocycles. The Morgan fingerprint density at radius 3 is 2.42 bits per heavy atom. The summed E-state index contributed by atoms with van der Waals surface area (Å²) in [4.78, 5) is 26.4. The fourth-order valence-electron chi connectivity index (χ4n) is 2.67. The molecule has 0 N–H and O–H groups in total. The van der Waals surface area contributed by atoms with Crippen LogP contribution in [-0.4, -0.2) is 37.0 Å². The van der Waals surface area contributed by atoms with Gasteiger partial charge in [0.2, 0.25) is 0 Å². The summed E-state index contributed by atoms with van der Waals surface area (Å²) in [6.07, 6.45) is 4.38. The molecule has 4 heteroatoms. The third-order valence-corrected chi connectivity index (χ3v) is 4.42. The van der Waals surface area contributed by atoms with Gasteiger partial charge in [-0.05, 0) is 43.5 Å². The number of amides is 1. The number of esters is 1. The van der Waals surface area contributed by atoms with Crippen LogP contribution in [-0.2, 0) is 9.53 Å². The normalized spacial score (nSPS) is 11.9. The smallest absolute Gasteiger partial charge is 0.310 e. The van der Waals surface area contributed by atoms with Gasteiger partial charge in [-0.15, -0.1) is 0 Å². The van der Waals surface area contributed by atoms with E-state index in [1.54, 1.807) is 11.8 Å². The molecule has 0 bridgehead atoms. The Bertz CT molecular complexity index is 554. The Kier molecular flexibility index (Phi) is 8.51. The van der Waals surface area contributed by atoms with Crippen molar-refractivity contribution in [3.8, 4) is 0 Å². The summed E-state index contributed by atoms with van der Waals surface area (Å²) < 4.78 is 4.80. The number of hydrogen-bond acceptors (Lipinski definition) is 3. The predicted octanol–water partition coefficient (Wildman–Crippen LogP) is 4.14. The molecule has 4 nitrogen and oxygen atoms in total. The number of hydrogen-bond donors (Lipinski definition) is 0. The zero-order chi connectivity index (χ0) is 18.1. The lowest BCUT2D eigenvalue weighted by atomic mass is 10.0. The van der Waals surface area contributed by atoms with E-state index in [-0.39, 0.29) is 17.8 Å². The van der Waals surface area contributed by atoms with Crippen molar-refractivity contribution in [2.24, 2.45) is 5.92 Å². The van der Waals surface area contributed by atoms with Crippen LogP contribution in [0.5, 0.6) is 0 Å². The third kappa shape index (κ3) is 5.99. The van der Waals surface area contributed by atoms with E-state index < -0.39 is 0 Å². The highest BCUT2D eigenvalue weighted by Gasteiger charge is 2.22. The summed E-state index contributed by atoms with van der Waals surface area (Å²) in [5, 5.41) is 0. The molecule has 0 radical (unpaired) electrons. The zero-order valence-corrected chi connectivity index (χ0v) is 15.7. The van der Waals surface area contributed by atoms with Crippen molar-refractivity contribution in [3.05, 3.63) is 34.9 Å². The molecule has 0 fully saturated rings. The van der Waals surface area contributed by atoms with Crippen LogP contribution in [0.2, 0.25) is 0 Å². The third-order valence-electron chi connectivity index (χ3n) is 4.42. The number of methoxy groups -OCH3 is 1. The molecule has 134 valence electrons. The number of aryl methyl sites for hydroxylation is 2. The second-order valence-corrected chi connectivity index (χ2v) is 6.54. The maximum atomic E-state index is 12.9. The Labute approximate surface area is 146 Å². The highest BCUT2D eigenvalue weighted by atomic mass is 16.5. The van der Waals surface area contributed by atoms with Crippen LogP contribution < -0.4 is 0 Å². The highest BCUT2D eigenvalue weighted by Crippen LogP contribution is 2.15. The summed E-state index contributed by atoms with van der Waals surface area (Å²) in [5.41, 5.74) is 2.96. The standard InChI is InChI=1S/C20H31NO3/c1-6-7-8-9-12-21(14-17(4)20(23)24-5)19(22)18-11-10-15(2)16(3)13-18/h10-11,13,17H,6-9,12,14H2,1-5H3. The molecule has 0 aliphatic carbocycles. The zero-order valence-electron chi connectivity index (χ0n) is 15.7. The molecular formula is C20H31NO3. The Hall–Kier alpha value is -1.84. The van der Waals surface area contributed by atoms with Gasteiger partial charge in [0, 0.05) is 18.7 Å². The van der Waals surface area contributed by atoms with Gasteiger partial charge < -0.3 is 9.64 Å².